The number of amides is 1. The van der Waals surface area contributed by atoms with Gasteiger partial charge in [-0.05, 0) is 18.6 Å². The van der Waals surface area contributed by atoms with Crippen LogP contribution in [-0.2, 0) is 4.79 Å². The van der Waals surface area contributed by atoms with Gasteiger partial charge in [0.2, 0.25) is 16.8 Å². The number of carbonyl (C=O) groups excluding carboxylic acids is 1. The summed E-state index contributed by atoms with van der Waals surface area (Å²) in [5.74, 6) is 1.04. The lowest BCUT2D eigenvalue weighted by Crippen LogP contribution is -2.11. The van der Waals surface area contributed by atoms with Gasteiger partial charge in [0.05, 0.1) is 12.8 Å². The smallest absolute Gasteiger partial charge is 0.250 e. The molecule has 0 saturated heterocycles. The third kappa shape index (κ3) is 2.67. The van der Waals surface area contributed by atoms with E-state index in [0.29, 0.717) is 12.4 Å². The molecule has 0 saturated carbocycles. The molecule has 0 bridgehead atoms. The van der Waals surface area contributed by atoms with Crippen molar-refractivity contribution in [2.75, 3.05) is 12.4 Å². The molecule has 22 heavy (non-hydrogen) atoms. The van der Waals surface area contributed by atoms with Crippen molar-refractivity contribution >= 4 is 28.2 Å². The number of benzene rings is 1. The highest BCUT2D eigenvalue weighted by Gasteiger charge is 2.15. The number of rotatable bonds is 5. The maximum absolute atomic E-state index is 11.6. The van der Waals surface area contributed by atoms with Crippen molar-refractivity contribution in [1.82, 2.24) is 14.6 Å². The number of hydrogen-bond donors (Lipinski definition) is 1. The second kappa shape index (κ2) is 6.15. The van der Waals surface area contributed by atoms with Crippen molar-refractivity contribution in [3.8, 4) is 17.0 Å². The van der Waals surface area contributed by atoms with Crippen LogP contribution in [0, 0.1) is 0 Å². The molecule has 0 atom stereocenters. The van der Waals surface area contributed by atoms with E-state index in [2.05, 4.69) is 15.4 Å². The van der Waals surface area contributed by atoms with Crippen molar-refractivity contribution in [3.05, 3.63) is 29.6 Å². The average Bonchev–Trinajstić information content (AvgIpc) is 3.07. The van der Waals surface area contributed by atoms with Crippen LogP contribution in [0.4, 0.5) is 5.95 Å². The van der Waals surface area contributed by atoms with Crippen LogP contribution < -0.4 is 10.1 Å². The van der Waals surface area contributed by atoms with E-state index in [9.17, 15) is 4.79 Å². The monoisotopic (exact) mass is 316 g/mol. The van der Waals surface area contributed by atoms with Crippen LogP contribution in [0.3, 0.4) is 0 Å². The Morgan fingerprint density at radius 1 is 1.41 bits per heavy atom. The summed E-state index contributed by atoms with van der Waals surface area (Å²) in [6.45, 7) is 1.96. The third-order valence-corrected chi connectivity index (χ3v) is 4.01. The lowest BCUT2D eigenvalue weighted by molar-refractivity contribution is -0.116. The van der Waals surface area contributed by atoms with E-state index in [-0.39, 0.29) is 5.91 Å². The Morgan fingerprint density at radius 3 is 3.00 bits per heavy atom. The molecule has 0 radical (unpaired) electrons. The molecule has 2 aromatic heterocycles. The number of hydrogen-bond acceptors (Lipinski definition) is 5. The molecule has 0 fully saturated rings. The van der Waals surface area contributed by atoms with Crippen LogP contribution in [-0.4, -0.2) is 27.6 Å². The van der Waals surface area contributed by atoms with Gasteiger partial charge in [0.25, 0.3) is 0 Å². The minimum atomic E-state index is -0.0698. The molecule has 6 nitrogen and oxygen atoms in total. The van der Waals surface area contributed by atoms with Gasteiger partial charge in [0, 0.05) is 17.4 Å². The summed E-state index contributed by atoms with van der Waals surface area (Å²) in [5, 5.41) is 9.07. The minimum absolute atomic E-state index is 0.0698. The molecule has 0 spiro atoms. The van der Waals surface area contributed by atoms with Crippen molar-refractivity contribution in [2.45, 2.75) is 19.8 Å². The Balaban J connectivity index is 1.98. The van der Waals surface area contributed by atoms with E-state index in [1.807, 2.05) is 36.6 Å². The highest BCUT2D eigenvalue weighted by Crippen LogP contribution is 2.32. The SMILES string of the molecule is CCCC(=O)Nc1nc2scc(-c3ccccc3OC)n2n1. The number of thiazole rings is 1. The van der Waals surface area contributed by atoms with E-state index >= 15 is 0 Å². The zero-order valence-electron chi connectivity index (χ0n) is 12.4. The fraction of sp³-hybridized carbons (Fsp3) is 0.267. The van der Waals surface area contributed by atoms with Crippen LogP contribution >= 0.6 is 11.3 Å². The number of aromatic nitrogens is 3. The Hall–Kier alpha value is -2.41. The van der Waals surface area contributed by atoms with Crippen LogP contribution in [0.15, 0.2) is 29.6 Å². The molecule has 1 amide bonds. The van der Waals surface area contributed by atoms with Crippen LogP contribution in [0.1, 0.15) is 19.8 Å². The predicted molar refractivity (Wildman–Crippen MR) is 86.4 cm³/mol. The molecule has 1 aromatic carbocycles. The largest absolute Gasteiger partial charge is 0.496 e. The summed E-state index contributed by atoms with van der Waals surface area (Å²) in [7, 11) is 1.64. The van der Waals surface area contributed by atoms with E-state index in [1.54, 1.807) is 11.6 Å². The first kappa shape index (κ1) is 14.5. The minimum Gasteiger partial charge on any atom is -0.496 e. The van der Waals surface area contributed by atoms with Gasteiger partial charge in [-0.15, -0.1) is 16.4 Å². The van der Waals surface area contributed by atoms with Crippen LogP contribution in [0.5, 0.6) is 5.75 Å². The molecule has 1 N–H and O–H groups in total. The average molecular weight is 316 g/mol. The summed E-state index contributed by atoms with van der Waals surface area (Å²) >= 11 is 1.47. The standard InChI is InChI=1S/C15H16N4O2S/c1-3-6-13(20)16-14-17-15-19(18-14)11(9-22-15)10-7-4-5-8-12(10)21-2/h4-5,7-9H,3,6H2,1-2H3,(H,16,18,20). The molecule has 7 heteroatoms. The summed E-state index contributed by atoms with van der Waals surface area (Å²) in [6, 6.07) is 7.74. The summed E-state index contributed by atoms with van der Waals surface area (Å²) in [4.78, 5) is 16.7. The van der Waals surface area contributed by atoms with Crippen LogP contribution in [0.2, 0.25) is 0 Å². The van der Waals surface area contributed by atoms with Gasteiger partial charge in [-0.2, -0.15) is 4.98 Å². The second-order valence-electron chi connectivity index (χ2n) is 4.75. The van der Waals surface area contributed by atoms with Gasteiger partial charge in [-0.25, -0.2) is 4.52 Å². The first-order valence-corrected chi connectivity index (χ1v) is 7.88. The molecule has 0 aliphatic rings. The van der Waals surface area contributed by atoms with Crippen molar-refractivity contribution in [2.24, 2.45) is 0 Å². The molecular formula is C15H16N4O2S. The summed E-state index contributed by atoms with van der Waals surface area (Å²) in [5.41, 5.74) is 1.83. The number of ether oxygens (including phenoxy) is 1. The maximum Gasteiger partial charge on any atom is 0.250 e. The number of carbonyl (C=O) groups is 1. The first-order valence-electron chi connectivity index (χ1n) is 7.00. The topological polar surface area (TPSA) is 68.5 Å². The number of anilines is 1. The van der Waals surface area contributed by atoms with Crippen molar-refractivity contribution in [3.63, 3.8) is 0 Å². The highest BCUT2D eigenvalue weighted by atomic mass is 32.1. The highest BCUT2D eigenvalue weighted by molar-refractivity contribution is 7.15. The first-order chi connectivity index (χ1) is 10.7. The van der Waals surface area contributed by atoms with Crippen LogP contribution in [0.25, 0.3) is 16.2 Å². The normalized spacial score (nSPS) is 10.8. The molecule has 3 aromatic rings. The molecule has 3 rings (SSSR count). The zero-order chi connectivity index (χ0) is 15.5. The van der Waals surface area contributed by atoms with E-state index in [1.165, 1.54) is 11.3 Å². The van der Waals surface area contributed by atoms with E-state index < -0.39 is 0 Å². The third-order valence-electron chi connectivity index (χ3n) is 3.19. The fourth-order valence-corrected chi connectivity index (χ4v) is 3.01. The molecule has 0 aliphatic carbocycles. The quantitative estimate of drug-likeness (QED) is 0.785. The van der Waals surface area contributed by atoms with Crippen molar-refractivity contribution in [1.29, 1.82) is 0 Å². The maximum atomic E-state index is 11.6. The van der Waals surface area contributed by atoms with Gasteiger partial charge in [-0.1, -0.05) is 19.1 Å². The van der Waals surface area contributed by atoms with Gasteiger partial charge in [0.1, 0.15) is 5.75 Å². The molecule has 114 valence electrons. The number of nitrogens with one attached hydrogen (secondary N) is 1. The molecule has 0 aliphatic heterocycles. The second-order valence-corrected chi connectivity index (χ2v) is 5.59. The van der Waals surface area contributed by atoms with E-state index in [0.717, 1.165) is 28.4 Å². The van der Waals surface area contributed by atoms with Gasteiger partial charge in [-0.3, -0.25) is 10.1 Å². The lowest BCUT2D eigenvalue weighted by Gasteiger charge is -2.06. The molecule has 0 unspecified atom stereocenters. The zero-order valence-corrected chi connectivity index (χ0v) is 13.2. The Labute approximate surface area is 131 Å². The van der Waals surface area contributed by atoms with Gasteiger partial charge >= 0.3 is 0 Å². The Kier molecular flexibility index (Phi) is 4.06. The Morgan fingerprint density at radius 2 is 2.23 bits per heavy atom. The number of nitrogens with zero attached hydrogens (tertiary/aromatic N) is 3. The fourth-order valence-electron chi connectivity index (χ4n) is 2.19. The summed E-state index contributed by atoms with van der Waals surface area (Å²) in [6.07, 6.45) is 1.26. The van der Waals surface area contributed by atoms with E-state index in [4.69, 9.17) is 4.74 Å². The van der Waals surface area contributed by atoms with Crippen molar-refractivity contribution < 1.29 is 9.53 Å². The Bertz CT molecular complexity index is 809. The van der Waals surface area contributed by atoms with Gasteiger partial charge < -0.3 is 4.74 Å². The summed E-state index contributed by atoms with van der Waals surface area (Å²) < 4.78 is 7.12. The molecule has 2 heterocycles. The predicted octanol–water partition coefficient (Wildman–Crippen LogP) is 3.21. The van der Waals surface area contributed by atoms with Gasteiger partial charge in [0.15, 0.2) is 0 Å². The lowest BCUT2D eigenvalue weighted by atomic mass is 10.1. The number of para-hydroxylation sites is 1. The molecular weight excluding hydrogens is 300 g/mol. The number of fused-ring (bicyclic) bond motifs is 1. The number of methoxy groups -OCH3 is 1.